The number of fused-ring (bicyclic) bond motifs is 1. The third kappa shape index (κ3) is 7.61. The number of carbonyl (C=O) groups is 1. The Morgan fingerprint density at radius 3 is 2.52 bits per heavy atom. The first-order valence-corrected chi connectivity index (χ1v) is 16.7. The Morgan fingerprint density at radius 2 is 1.80 bits per heavy atom. The van der Waals surface area contributed by atoms with Gasteiger partial charge in [-0.1, -0.05) is 12.1 Å². The zero-order valence-electron chi connectivity index (χ0n) is 25.4. The van der Waals surface area contributed by atoms with Crippen LogP contribution in [0.15, 0.2) is 85.1 Å². The number of aryl methyl sites for hydroxylation is 1. The van der Waals surface area contributed by atoms with Crippen LogP contribution in [-0.4, -0.2) is 59.9 Å². The molecule has 0 radical (unpaired) electrons. The van der Waals surface area contributed by atoms with Crippen LogP contribution < -0.4 is 19.7 Å². The number of urea groups is 1. The Kier molecular flexibility index (Phi) is 8.86. The number of hydrogen-bond acceptors (Lipinski definition) is 7. The van der Waals surface area contributed by atoms with Gasteiger partial charge in [0.05, 0.1) is 18.0 Å². The van der Waals surface area contributed by atoms with E-state index in [4.69, 9.17) is 4.74 Å². The molecule has 0 bridgehead atoms. The Morgan fingerprint density at radius 1 is 1.04 bits per heavy atom. The van der Waals surface area contributed by atoms with E-state index in [2.05, 4.69) is 30.1 Å². The average Bonchev–Trinajstić information content (AvgIpc) is 3.48. The van der Waals surface area contributed by atoms with E-state index in [0.29, 0.717) is 48.1 Å². The maximum atomic E-state index is 14.3. The summed E-state index contributed by atoms with van der Waals surface area (Å²) in [5, 5.41) is 10.9. The molecule has 238 valence electrons. The van der Waals surface area contributed by atoms with Gasteiger partial charge in [-0.25, -0.2) is 22.6 Å². The molecule has 1 fully saturated rings. The predicted molar refractivity (Wildman–Crippen MR) is 176 cm³/mol. The minimum absolute atomic E-state index is 0.122. The second kappa shape index (κ2) is 13.2. The summed E-state index contributed by atoms with van der Waals surface area (Å²) >= 11 is 0. The number of H-pyrrole nitrogens is 1. The van der Waals surface area contributed by atoms with Gasteiger partial charge in [0.1, 0.15) is 11.6 Å². The van der Waals surface area contributed by atoms with Crippen LogP contribution in [0.25, 0.3) is 10.9 Å². The zero-order valence-corrected chi connectivity index (χ0v) is 26.2. The number of pyridine rings is 1. The predicted octanol–water partition coefficient (Wildman–Crippen LogP) is 6.27. The molecule has 13 heteroatoms. The van der Waals surface area contributed by atoms with Crippen LogP contribution in [-0.2, 0) is 16.6 Å². The number of carbonyl (C=O) groups excluding carboxylic acids is 1. The highest BCUT2D eigenvalue weighted by molar-refractivity contribution is 7.92. The lowest BCUT2D eigenvalue weighted by Gasteiger charge is -2.38. The van der Waals surface area contributed by atoms with Crippen molar-refractivity contribution in [2.24, 2.45) is 0 Å². The Balaban J connectivity index is 1.09. The molecule has 1 aliphatic rings. The number of amides is 2. The van der Waals surface area contributed by atoms with Gasteiger partial charge in [-0.2, -0.15) is 5.10 Å². The van der Waals surface area contributed by atoms with Crippen molar-refractivity contribution in [1.82, 2.24) is 20.1 Å². The summed E-state index contributed by atoms with van der Waals surface area (Å²) in [5.41, 5.74) is 4.29. The molecule has 11 nitrogen and oxygen atoms in total. The number of likely N-dealkylation sites (tertiary alicyclic amines) is 1. The Hall–Kier alpha value is -5.01. The second-order valence-corrected chi connectivity index (χ2v) is 13.1. The summed E-state index contributed by atoms with van der Waals surface area (Å²) in [7, 11) is -3.36. The monoisotopic (exact) mass is 643 g/mol. The highest BCUT2D eigenvalue weighted by Gasteiger charge is 2.30. The van der Waals surface area contributed by atoms with Crippen molar-refractivity contribution in [3.8, 4) is 11.6 Å². The summed E-state index contributed by atoms with van der Waals surface area (Å²) in [4.78, 5) is 22.3. The average molecular weight is 644 g/mol. The Bertz CT molecular complexity index is 1960. The van der Waals surface area contributed by atoms with Crippen molar-refractivity contribution < 1.29 is 22.3 Å². The van der Waals surface area contributed by atoms with Crippen LogP contribution in [0.5, 0.6) is 11.6 Å². The molecular weight excluding hydrogens is 609 g/mol. The number of aromatic nitrogens is 3. The molecule has 0 aliphatic carbocycles. The first-order valence-electron chi connectivity index (χ1n) is 14.8. The lowest BCUT2D eigenvalue weighted by Crippen LogP contribution is -2.49. The van der Waals surface area contributed by atoms with Gasteiger partial charge in [0.25, 0.3) is 0 Å². The smallest absolute Gasteiger partial charge is 0.326 e. The molecule has 0 unspecified atom stereocenters. The number of halogens is 1. The van der Waals surface area contributed by atoms with Crippen LogP contribution >= 0.6 is 0 Å². The number of nitrogens with zero attached hydrogens (tertiary/aromatic N) is 4. The number of aromatic amines is 1. The van der Waals surface area contributed by atoms with Crippen LogP contribution in [0.3, 0.4) is 0 Å². The van der Waals surface area contributed by atoms with E-state index < -0.39 is 15.8 Å². The van der Waals surface area contributed by atoms with Crippen LogP contribution in [0.4, 0.5) is 26.2 Å². The molecular formula is C33H34FN7O4S. The topological polar surface area (TPSA) is 133 Å². The molecule has 46 heavy (non-hydrogen) atoms. The fraction of sp³-hybridized carbons (Fsp3) is 0.242. The summed E-state index contributed by atoms with van der Waals surface area (Å²) in [6.45, 7) is 4.11. The van der Waals surface area contributed by atoms with E-state index >= 15 is 0 Å². The van der Waals surface area contributed by atoms with Crippen molar-refractivity contribution in [2.75, 3.05) is 34.3 Å². The van der Waals surface area contributed by atoms with E-state index in [1.165, 1.54) is 12.1 Å². The number of anilines is 3. The van der Waals surface area contributed by atoms with Crippen LogP contribution in [0.2, 0.25) is 0 Å². The summed E-state index contributed by atoms with van der Waals surface area (Å²) in [6.07, 6.45) is 4.24. The molecule has 6 rings (SSSR count). The largest absolute Gasteiger partial charge is 0.439 e. The number of hydrogen-bond donors (Lipinski definition) is 3. The number of nitrogens with one attached hydrogen (secondary N) is 3. The van der Waals surface area contributed by atoms with E-state index in [0.717, 1.165) is 41.5 Å². The summed E-state index contributed by atoms with van der Waals surface area (Å²) in [5.74, 6) is 0.574. The molecule has 1 aliphatic heterocycles. The summed E-state index contributed by atoms with van der Waals surface area (Å²) in [6, 6.07) is 21.6. The number of piperidine rings is 1. The lowest BCUT2D eigenvalue weighted by molar-refractivity contribution is 0.199. The molecule has 1 saturated heterocycles. The number of ether oxygens (including phenoxy) is 1. The summed E-state index contributed by atoms with van der Waals surface area (Å²) < 4.78 is 45.4. The van der Waals surface area contributed by atoms with Gasteiger partial charge in [-0.15, -0.1) is 0 Å². The van der Waals surface area contributed by atoms with Crippen molar-refractivity contribution in [3.05, 3.63) is 102 Å². The third-order valence-electron chi connectivity index (χ3n) is 7.86. The maximum Gasteiger partial charge on any atom is 0.326 e. The van der Waals surface area contributed by atoms with Crippen LogP contribution in [0, 0.1) is 12.7 Å². The second-order valence-electron chi connectivity index (χ2n) is 11.4. The van der Waals surface area contributed by atoms with E-state index in [1.807, 2.05) is 37.3 Å². The van der Waals surface area contributed by atoms with E-state index in [-0.39, 0.29) is 12.1 Å². The van der Waals surface area contributed by atoms with Crippen molar-refractivity contribution in [2.45, 2.75) is 32.4 Å². The molecule has 2 aromatic heterocycles. The highest BCUT2D eigenvalue weighted by Crippen LogP contribution is 2.28. The van der Waals surface area contributed by atoms with Gasteiger partial charge < -0.3 is 10.1 Å². The van der Waals surface area contributed by atoms with Crippen molar-refractivity contribution >= 4 is 44.0 Å². The molecule has 3 heterocycles. The molecule has 5 aromatic rings. The lowest BCUT2D eigenvalue weighted by atomic mass is 10.0. The van der Waals surface area contributed by atoms with Gasteiger partial charge in [0, 0.05) is 59.9 Å². The number of sulfonamides is 1. The Labute approximate surface area is 266 Å². The molecule has 0 spiro atoms. The first kappa shape index (κ1) is 31.0. The van der Waals surface area contributed by atoms with Gasteiger partial charge in [0.15, 0.2) is 0 Å². The molecule has 3 N–H and O–H groups in total. The third-order valence-corrected chi connectivity index (χ3v) is 8.47. The normalized spacial score (nSPS) is 14.2. The molecule has 2 amide bonds. The number of benzene rings is 3. The quantitative estimate of drug-likeness (QED) is 0.172. The van der Waals surface area contributed by atoms with Gasteiger partial charge in [-0.05, 0) is 86.0 Å². The van der Waals surface area contributed by atoms with Gasteiger partial charge >= 0.3 is 6.03 Å². The minimum atomic E-state index is -3.36. The van der Waals surface area contributed by atoms with E-state index in [9.17, 15) is 17.6 Å². The maximum absolute atomic E-state index is 14.3. The standard InChI is InChI=1S/C33H34FN7O4S/c1-22-24(7-13-32(36-22)45-30-11-9-26(10-12-30)39-46(2,43)44)21-40-16-14-28(15-17-40)41(29-5-3-4-25(34)18-29)33(42)37-27-8-6-23-20-35-38-31(23)19-27/h3-13,18-20,28,39H,14-17,21H2,1-2H3,(H,35,38)(H,37,42). The van der Waals surface area contributed by atoms with Gasteiger partial charge in [-0.3, -0.25) is 19.6 Å². The van der Waals surface area contributed by atoms with Crippen LogP contribution in [0.1, 0.15) is 24.1 Å². The fourth-order valence-corrected chi connectivity index (χ4v) is 6.18. The van der Waals surface area contributed by atoms with Crippen molar-refractivity contribution in [1.29, 1.82) is 0 Å². The minimum Gasteiger partial charge on any atom is -0.439 e. The first-order chi connectivity index (χ1) is 22.1. The fourth-order valence-electron chi connectivity index (χ4n) is 5.61. The zero-order chi connectivity index (χ0) is 32.3. The number of rotatable bonds is 9. The SMILES string of the molecule is Cc1nc(Oc2ccc(NS(C)(=O)=O)cc2)ccc1CN1CCC(N(C(=O)Nc2ccc3cn[nH]c3c2)c2cccc(F)c2)CC1. The highest BCUT2D eigenvalue weighted by atomic mass is 32.2. The molecule has 3 aromatic carbocycles. The molecule has 0 saturated carbocycles. The van der Waals surface area contributed by atoms with Crippen molar-refractivity contribution in [3.63, 3.8) is 0 Å². The molecule has 0 atom stereocenters. The van der Waals surface area contributed by atoms with E-state index in [1.54, 1.807) is 47.5 Å². The van der Waals surface area contributed by atoms with Gasteiger partial charge in [0.2, 0.25) is 15.9 Å².